The molecule has 1 aliphatic carbocycles. The maximum Gasteiger partial charge on any atom is 0.317 e. The Bertz CT molecular complexity index is 233. The molecule has 4 heteroatoms. The van der Waals surface area contributed by atoms with Crippen LogP contribution in [0.15, 0.2) is 0 Å². The lowest BCUT2D eigenvalue weighted by molar-refractivity contribution is -0.139. The summed E-state index contributed by atoms with van der Waals surface area (Å²) in [4.78, 5) is 13.0. The van der Waals surface area contributed by atoms with Gasteiger partial charge in [-0.05, 0) is 18.8 Å². The summed E-state index contributed by atoms with van der Waals surface area (Å²) in [6, 6.07) is 0.431. The van der Waals surface area contributed by atoms with E-state index in [1.165, 1.54) is 19.3 Å². The Hall–Kier alpha value is -0.610. The van der Waals surface area contributed by atoms with Crippen LogP contribution in [0.1, 0.15) is 39.0 Å². The lowest BCUT2D eigenvalue weighted by atomic mass is 9.83. The topological polar surface area (TPSA) is 49.8 Å². The molecule has 100 valence electrons. The lowest BCUT2D eigenvalue weighted by Gasteiger charge is -2.36. The molecule has 0 aromatic rings. The summed E-state index contributed by atoms with van der Waals surface area (Å²) in [6.07, 6.45) is 6.02. The number of methoxy groups -OCH3 is 1. The Labute approximate surface area is 104 Å². The van der Waals surface area contributed by atoms with E-state index in [0.29, 0.717) is 12.6 Å². The first kappa shape index (κ1) is 14.5. The standard InChI is InChI=1S/C13H25NO3/c1-3-11-5-4-6-12(9-11)14(7-8-17-2)10-13(15)16/h11-12H,3-10H2,1-2H3,(H,15,16). The van der Waals surface area contributed by atoms with Crippen molar-refractivity contribution in [1.82, 2.24) is 4.90 Å². The van der Waals surface area contributed by atoms with Crippen LogP contribution in [0.25, 0.3) is 0 Å². The highest BCUT2D eigenvalue weighted by atomic mass is 16.5. The average molecular weight is 243 g/mol. The zero-order valence-corrected chi connectivity index (χ0v) is 11.0. The van der Waals surface area contributed by atoms with Gasteiger partial charge in [0.05, 0.1) is 13.2 Å². The molecular weight excluding hydrogens is 218 g/mol. The third-order valence-corrected chi connectivity index (χ3v) is 3.77. The van der Waals surface area contributed by atoms with Gasteiger partial charge >= 0.3 is 5.97 Å². The van der Waals surface area contributed by atoms with Crippen LogP contribution in [-0.2, 0) is 9.53 Å². The van der Waals surface area contributed by atoms with Gasteiger partial charge < -0.3 is 9.84 Å². The summed E-state index contributed by atoms with van der Waals surface area (Å²) < 4.78 is 5.06. The van der Waals surface area contributed by atoms with Crippen molar-refractivity contribution in [3.63, 3.8) is 0 Å². The summed E-state index contributed by atoms with van der Waals surface area (Å²) in [5, 5.41) is 8.95. The Kier molecular flexibility index (Phi) is 6.52. The highest BCUT2D eigenvalue weighted by Gasteiger charge is 2.26. The van der Waals surface area contributed by atoms with Gasteiger partial charge in [0.2, 0.25) is 0 Å². The second-order valence-electron chi connectivity index (χ2n) is 4.95. The number of carbonyl (C=O) groups is 1. The van der Waals surface area contributed by atoms with Crippen molar-refractivity contribution in [3.05, 3.63) is 0 Å². The van der Waals surface area contributed by atoms with Crippen LogP contribution in [0.2, 0.25) is 0 Å². The summed E-state index contributed by atoms with van der Waals surface area (Å²) >= 11 is 0. The molecule has 4 nitrogen and oxygen atoms in total. The first-order valence-electron chi connectivity index (χ1n) is 6.62. The average Bonchev–Trinajstić information content (AvgIpc) is 2.34. The number of ether oxygens (including phenoxy) is 1. The van der Waals surface area contributed by atoms with E-state index in [1.807, 2.05) is 0 Å². The number of carboxylic acid groups (broad SMARTS) is 1. The molecule has 0 amide bonds. The number of hydrogen-bond acceptors (Lipinski definition) is 3. The van der Waals surface area contributed by atoms with E-state index in [2.05, 4.69) is 11.8 Å². The molecule has 0 bridgehead atoms. The predicted octanol–water partition coefficient (Wildman–Crippen LogP) is 1.99. The van der Waals surface area contributed by atoms with E-state index in [4.69, 9.17) is 9.84 Å². The van der Waals surface area contributed by atoms with Crippen LogP contribution in [0.5, 0.6) is 0 Å². The van der Waals surface area contributed by atoms with E-state index < -0.39 is 5.97 Å². The van der Waals surface area contributed by atoms with Crippen molar-refractivity contribution < 1.29 is 14.6 Å². The van der Waals surface area contributed by atoms with E-state index in [1.54, 1.807) is 7.11 Å². The van der Waals surface area contributed by atoms with Gasteiger partial charge in [-0.25, -0.2) is 0 Å². The van der Waals surface area contributed by atoms with Gasteiger partial charge in [0, 0.05) is 19.7 Å². The monoisotopic (exact) mass is 243 g/mol. The largest absolute Gasteiger partial charge is 0.480 e. The molecule has 0 radical (unpaired) electrons. The van der Waals surface area contributed by atoms with Crippen LogP contribution in [0.3, 0.4) is 0 Å². The van der Waals surface area contributed by atoms with Crippen LogP contribution < -0.4 is 0 Å². The van der Waals surface area contributed by atoms with Gasteiger partial charge in [0.25, 0.3) is 0 Å². The molecule has 0 aromatic heterocycles. The summed E-state index contributed by atoms with van der Waals surface area (Å²) in [5.41, 5.74) is 0. The molecule has 0 heterocycles. The van der Waals surface area contributed by atoms with Gasteiger partial charge in [0.15, 0.2) is 0 Å². The minimum Gasteiger partial charge on any atom is -0.480 e. The third-order valence-electron chi connectivity index (χ3n) is 3.77. The van der Waals surface area contributed by atoms with Crippen LogP contribution in [0.4, 0.5) is 0 Å². The minimum atomic E-state index is -0.736. The van der Waals surface area contributed by atoms with Crippen molar-refractivity contribution in [2.75, 3.05) is 26.8 Å². The van der Waals surface area contributed by atoms with E-state index >= 15 is 0 Å². The zero-order chi connectivity index (χ0) is 12.7. The Morgan fingerprint density at radius 2 is 2.24 bits per heavy atom. The van der Waals surface area contributed by atoms with E-state index in [9.17, 15) is 4.79 Å². The number of nitrogens with zero attached hydrogens (tertiary/aromatic N) is 1. The van der Waals surface area contributed by atoms with Crippen molar-refractivity contribution in [1.29, 1.82) is 0 Å². The molecule has 0 aliphatic heterocycles. The highest BCUT2D eigenvalue weighted by molar-refractivity contribution is 5.69. The van der Waals surface area contributed by atoms with Gasteiger partial charge in [-0.15, -0.1) is 0 Å². The lowest BCUT2D eigenvalue weighted by Crippen LogP contribution is -2.43. The SMILES string of the molecule is CCC1CCCC(N(CCOC)CC(=O)O)C1. The minimum absolute atomic E-state index is 0.143. The molecule has 1 fully saturated rings. The normalized spacial score (nSPS) is 25.1. The number of carboxylic acids is 1. The fourth-order valence-electron chi connectivity index (χ4n) is 2.74. The predicted molar refractivity (Wildman–Crippen MR) is 67.1 cm³/mol. The zero-order valence-electron chi connectivity index (χ0n) is 11.0. The number of aliphatic carboxylic acids is 1. The first-order chi connectivity index (χ1) is 8.17. The molecule has 0 spiro atoms. The summed E-state index contributed by atoms with van der Waals surface area (Å²) in [7, 11) is 1.66. The van der Waals surface area contributed by atoms with Crippen molar-refractivity contribution in [3.8, 4) is 0 Å². The van der Waals surface area contributed by atoms with Gasteiger partial charge in [-0.2, -0.15) is 0 Å². The van der Waals surface area contributed by atoms with Gasteiger partial charge in [0.1, 0.15) is 0 Å². The molecule has 1 aliphatic rings. The molecule has 0 aromatic carbocycles. The third kappa shape index (κ3) is 5.04. The molecule has 1 saturated carbocycles. The highest BCUT2D eigenvalue weighted by Crippen LogP contribution is 2.29. The Morgan fingerprint density at radius 3 is 2.82 bits per heavy atom. The van der Waals surface area contributed by atoms with Crippen molar-refractivity contribution in [2.24, 2.45) is 5.92 Å². The maximum atomic E-state index is 10.9. The van der Waals surface area contributed by atoms with Gasteiger partial charge in [-0.1, -0.05) is 26.2 Å². The molecule has 0 saturated heterocycles. The Morgan fingerprint density at radius 1 is 1.47 bits per heavy atom. The van der Waals surface area contributed by atoms with Crippen LogP contribution in [-0.4, -0.2) is 48.8 Å². The van der Waals surface area contributed by atoms with Crippen molar-refractivity contribution >= 4 is 5.97 Å². The fraction of sp³-hybridized carbons (Fsp3) is 0.923. The van der Waals surface area contributed by atoms with Crippen LogP contribution in [0, 0.1) is 5.92 Å². The molecule has 2 atom stereocenters. The van der Waals surface area contributed by atoms with E-state index in [-0.39, 0.29) is 6.54 Å². The molecule has 2 unspecified atom stereocenters. The molecule has 17 heavy (non-hydrogen) atoms. The number of hydrogen-bond donors (Lipinski definition) is 1. The fourth-order valence-corrected chi connectivity index (χ4v) is 2.74. The molecule has 1 N–H and O–H groups in total. The van der Waals surface area contributed by atoms with Gasteiger partial charge in [-0.3, -0.25) is 9.69 Å². The Balaban J connectivity index is 2.51. The maximum absolute atomic E-state index is 10.9. The smallest absolute Gasteiger partial charge is 0.317 e. The molecule has 1 rings (SSSR count). The van der Waals surface area contributed by atoms with Crippen LogP contribution >= 0.6 is 0 Å². The quantitative estimate of drug-likeness (QED) is 0.743. The first-order valence-corrected chi connectivity index (χ1v) is 6.62. The summed E-state index contributed by atoms with van der Waals surface area (Å²) in [5.74, 6) is 0.0346. The second kappa shape index (κ2) is 7.67. The van der Waals surface area contributed by atoms with Crippen molar-refractivity contribution in [2.45, 2.75) is 45.1 Å². The molecular formula is C13H25NO3. The number of rotatable bonds is 7. The van der Waals surface area contributed by atoms with E-state index in [0.717, 1.165) is 25.3 Å². The summed E-state index contributed by atoms with van der Waals surface area (Å²) in [6.45, 7) is 3.71. The second-order valence-corrected chi connectivity index (χ2v) is 4.95.